The summed E-state index contributed by atoms with van der Waals surface area (Å²) in [6, 6.07) is 3.40. The minimum Gasteiger partial charge on any atom is -0.480 e. The smallest absolute Gasteiger partial charge is 0.407 e. The van der Waals surface area contributed by atoms with Crippen LogP contribution >= 0.6 is 0 Å². The van der Waals surface area contributed by atoms with Crippen molar-refractivity contribution >= 4 is 33.8 Å². The Balaban J connectivity index is 1.80. The summed E-state index contributed by atoms with van der Waals surface area (Å²) in [5.74, 6) is -1.49. The summed E-state index contributed by atoms with van der Waals surface area (Å²) >= 11 is 0. The van der Waals surface area contributed by atoms with E-state index in [4.69, 9.17) is 9.84 Å². The van der Waals surface area contributed by atoms with Crippen LogP contribution in [0.25, 0.3) is 0 Å². The van der Waals surface area contributed by atoms with Gasteiger partial charge in [0.2, 0.25) is 15.9 Å². The molecule has 0 bridgehead atoms. The summed E-state index contributed by atoms with van der Waals surface area (Å²) in [5, 5.41) is 23.8. The van der Waals surface area contributed by atoms with Crippen LogP contribution in [-0.4, -0.2) is 97.2 Å². The van der Waals surface area contributed by atoms with E-state index in [0.29, 0.717) is 18.8 Å². The maximum atomic E-state index is 11.9. The van der Waals surface area contributed by atoms with Gasteiger partial charge in [-0.1, -0.05) is 6.07 Å². The minimum atomic E-state index is -3.77. The van der Waals surface area contributed by atoms with Crippen molar-refractivity contribution in [3.63, 3.8) is 0 Å². The summed E-state index contributed by atoms with van der Waals surface area (Å²) < 4.78 is 29.7. The molecule has 0 spiro atoms. The van der Waals surface area contributed by atoms with Crippen LogP contribution in [0.5, 0.6) is 0 Å². The number of nitrogens with one attached hydrogen (secondary N) is 3. The molecule has 1 aliphatic heterocycles. The molecular formula is C17H25N5O8S. The molecule has 2 rings (SSSR count). The fourth-order valence-corrected chi connectivity index (χ4v) is 3.71. The molecule has 0 radical (unpaired) electrons. The third-order valence-electron chi connectivity index (χ3n) is 4.41. The van der Waals surface area contributed by atoms with Gasteiger partial charge in [0.1, 0.15) is 18.5 Å². The van der Waals surface area contributed by atoms with E-state index < -0.39 is 53.3 Å². The predicted octanol–water partition coefficient (Wildman–Crippen LogP) is -1.25. The summed E-state index contributed by atoms with van der Waals surface area (Å²) in [6.45, 7) is -0.506. The maximum Gasteiger partial charge on any atom is 0.407 e. The Hall–Kier alpha value is -2.97. The molecule has 1 aromatic heterocycles. The van der Waals surface area contributed by atoms with Gasteiger partial charge in [0.05, 0.1) is 24.9 Å². The molecule has 31 heavy (non-hydrogen) atoms. The number of likely N-dealkylation sites (tertiary alicyclic amines) is 1. The Morgan fingerprint density at radius 3 is 2.65 bits per heavy atom. The van der Waals surface area contributed by atoms with Gasteiger partial charge in [-0.25, -0.2) is 18.2 Å². The van der Waals surface area contributed by atoms with E-state index in [1.165, 1.54) is 4.90 Å². The molecule has 3 atom stereocenters. The molecule has 0 aromatic carbocycles. The normalized spacial score (nSPS) is 19.6. The first-order chi connectivity index (χ1) is 14.5. The van der Waals surface area contributed by atoms with Gasteiger partial charge in [-0.05, 0) is 18.6 Å². The van der Waals surface area contributed by atoms with Crippen LogP contribution < -0.4 is 15.4 Å². The first-order valence-corrected chi connectivity index (χ1v) is 11.2. The first-order valence-electron chi connectivity index (χ1n) is 9.28. The van der Waals surface area contributed by atoms with Crippen molar-refractivity contribution in [2.45, 2.75) is 24.6 Å². The van der Waals surface area contributed by atoms with Gasteiger partial charge >= 0.3 is 12.1 Å². The van der Waals surface area contributed by atoms with Crippen molar-refractivity contribution in [2.24, 2.45) is 0 Å². The second-order valence-electron chi connectivity index (χ2n) is 6.94. The zero-order valence-electron chi connectivity index (χ0n) is 16.7. The van der Waals surface area contributed by atoms with Gasteiger partial charge in [-0.15, -0.1) is 0 Å². The number of rotatable bonds is 11. The zero-order chi connectivity index (χ0) is 23.0. The predicted molar refractivity (Wildman–Crippen MR) is 108 cm³/mol. The van der Waals surface area contributed by atoms with Crippen molar-refractivity contribution in [1.82, 2.24) is 19.9 Å². The second-order valence-corrected chi connectivity index (χ2v) is 8.72. The van der Waals surface area contributed by atoms with E-state index >= 15 is 0 Å². The van der Waals surface area contributed by atoms with Crippen molar-refractivity contribution in [3.8, 4) is 0 Å². The highest BCUT2D eigenvalue weighted by molar-refractivity contribution is 7.88. The summed E-state index contributed by atoms with van der Waals surface area (Å²) in [7, 11) is -3.77. The minimum absolute atomic E-state index is 0.0740. The Kier molecular flexibility index (Phi) is 8.53. The molecule has 2 heterocycles. The molecule has 13 nitrogen and oxygen atoms in total. The Bertz CT molecular complexity index is 882. The number of pyridine rings is 1. The van der Waals surface area contributed by atoms with Crippen LogP contribution in [0.3, 0.4) is 0 Å². The lowest BCUT2D eigenvalue weighted by atomic mass is 10.2. The lowest BCUT2D eigenvalue weighted by Crippen LogP contribution is -2.48. The van der Waals surface area contributed by atoms with Gasteiger partial charge in [0.15, 0.2) is 0 Å². The number of hydrogen-bond acceptors (Lipinski definition) is 8. The molecule has 14 heteroatoms. The molecule has 1 aromatic rings. The largest absolute Gasteiger partial charge is 0.480 e. The number of carbonyl (C=O) groups is 3. The van der Waals surface area contributed by atoms with Crippen molar-refractivity contribution in [3.05, 3.63) is 24.4 Å². The molecule has 3 unspecified atom stereocenters. The molecule has 1 aliphatic rings. The highest BCUT2D eigenvalue weighted by Crippen LogP contribution is 2.21. The summed E-state index contributed by atoms with van der Waals surface area (Å²) in [4.78, 5) is 39.8. The van der Waals surface area contributed by atoms with Gasteiger partial charge in [0, 0.05) is 19.3 Å². The SMILES string of the molecule is CS(=O)(=O)NC(CNC(=O)COC1CC(CNc2ccccn2)N(C(=O)O)C1)C(=O)O. The topological polar surface area (TPSA) is 187 Å². The van der Waals surface area contributed by atoms with Gasteiger partial charge in [-0.3, -0.25) is 9.59 Å². The fourth-order valence-electron chi connectivity index (χ4n) is 3.01. The lowest BCUT2D eigenvalue weighted by molar-refractivity contribution is -0.139. The Morgan fingerprint density at radius 2 is 2.06 bits per heavy atom. The van der Waals surface area contributed by atoms with E-state index in [9.17, 15) is 27.9 Å². The van der Waals surface area contributed by atoms with Crippen molar-refractivity contribution in [2.75, 3.05) is 37.8 Å². The van der Waals surface area contributed by atoms with E-state index in [0.717, 1.165) is 6.26 Å². The van der Waals surface area contributed by atoms with Crippen LogP contribution in [0.2, 0.25) is 0 Å². The quantitative estimate of drug-likeness (QED) is 0.267. The van der Waals surface area contributed by atoms with Crippen molar-refractivity contribution < 1.29 is 37.8 Å². The average Bonchev–Trinajstić information content (AvgIpc) is 3.11. The third-order valence-corrected chi connectivity index (χ3v) is 5.13. The molecule has 2 amide bonds. The van der Waals surface area contributed by atoms with Crippen LogP contribution in [0, 0.1) is 0 Å². The first kappa shape index (κ1) is 24.3. The molecule has 0 aliphatic carbocycles. The highest BCUT2D eigenvalue weighted by atomic mass is 32.2. The number of carboxylic acid groups (broad SMARTS) is 2. The highest BCUT2D eigenvalue weighted by Gasteiger charge is 2.36. The number of ether oxygens (including phenoxy) is 1. The Morgan fingerprint density at radius 1 is 1.32 bits per heavy atom. The molecule has 1 fully saturated rings. The van der Waals surface area contributed by atoms with Gasteiger partial charge in [0.25, 0.3) is 0 Å². The molecule has 1 saturated heterocycles. The number of nitrogens with zero attached hydrogens (tertiary/aromatic N) is 2. The number of carbonyl (C=O) groups excluding carboxylic acids is 1. The van der Waals surface area contributed by atoms with Gasteiger partial charge in [-0.2, -0.15) is 4.72 Å². The number of sulfonamides is 1. The fraction of sp³-hybridized carbons (Fsp3) is 0.529. The Labute approximate surface area is 178 Å². The van der Waals surface area contributed by atoms with E-state index in [1.54, 1.807) is 24.4 Å². The number of anilines is 1. The van der Waals surface area contributed by atoms with E-state index in [-0.39, 0.29) is 12.6 Å². The number of hydrogen-bond donors (Lipinski definition) is 5. The number of aromatic nitrogens is 1. The van der Waals surface area contributed by atoms with Crippen LogP contribution in [0.1, 0.15) is 6.42 Å². The van der Waals surface area contributed by atoms with E-state index in [2.05, 4.69) is 15.6 Å². The third kappa shape index (κ3) is 8.35. The second kappa shape index (κ2) is 10.9. The maximum absolute atomic E-state index is 11.9. The van der Waals surface area contributed by atoms with Crippen LogP contribution in [0.15, 0.2) is 24.4 Å². The van der Waals surface area contributed by atoms with Crippen molar-refractivity contribution in [1.29, 1.82) is 0 Å². The monoisotopic (exact) mass is 459 g/mol. The zero-order valence-corrected chi connectivity index (χ0v) is 17.5. The standard InChI is InChI=1S/C17H25N5O8S/c1-31(28,29)21-13(16(24)25)8-20-15(23)10-30-12-6-11(22(9-12)17(26)27)7-19-14-4-2-3-5-18-14/h2-5,11-13,21H,6-10H2,1H3,(H,18,19)(H,20,23)(H,24,25)(H,26,27). The lowest BCUT2D eigenvalue weighted by Gasteiger charge is -2.21. The van der Waals surface area contributed by atoms with Crippen LogP contribution in [0.4, 0.5) is 10.6 Å². The molecule has 5 N–H and O–H groups in total. The molecular weight excluding hydrogens is 434 g/mol. The summed E-state index contributed by atoms with van der Waals surface area (Å²) in [5.41, 5.74) is 0. The number of carboxylic acids is 1. The summed E-state index contributed by atoms with van der Waals surface area (Å²) in [6.07, 6.45) is 1.13. The number of amides is 2. The van der Waals surface area contributed by atoms with E-state index in [1.807, 2.05) is 4.72 Å². The molecule has 0 saturated carbocycles. The molecule has 172 valence electrons. The average molecular weight is 459 g/mol. The van der Waals surface area contributed by atoms with Crippen LogP contribution in [-0.2, 0) is 24.3 Å². The van der Waals surface area contributed by atoms with Gasteiger partial charge < -0.3 is 30.5 Å². The number of aliphatic carboxylic acids is 1.